The van der Waals surface area contributed by atoms with Crippen LogP contribution in [-0.2, 0) is 10.2 Å². The molecule has 21 heavy (non-hydrogen) atoms. The number of carbonyl (C=O) groups excluding carboxylic acids is 1. The van der Waals surface area contributed by atoms with Gasteiger partial charge in [0, 0.05) is 29.3 Å². The van der Waals surface area contributed by atoms with E-state index in [0.717, 1.165) is 11.1 Å². The van der Waals surface area contributed by atoms with E-state index < -0.39 is 0 Å². The van der Waals surface area contributed by atoms with E-state index in [0.29, 0.717) is 12.2 Å². The first-order valence-corrected chi connectivity index (χ1v) is 6.78. The van der Waals surface area contributed by atoms with Crippen molar-refractivity contribution in [1.29, 1.82) is 0 Å². The first kappa shape index (κ1) is 17.8. The summed E-state index contributed by atoms with van der Waals surface area (Å²) in [4.78, 5) is 12.1. The molecule has 0 bridgehead atoms. The molecule has 3 heteroatoms. The van der Waals surface area contributed by atoms with Crippen molar-refractivity contribution >= 4 is 29.9 Å². The van der Waals surface area contributed by atoms with Crippen LogP contribution in [0, 0.1) is 6.92 Å². The molecule has 0 aliphatic heterocycles. The van der Waals surface area contributed by atoms with Gasteiger partial charge in [-0.1, -0.05) is 61.9 Å². The molecule has 0 N–H and O–H groups in total. The van der Waals surface area contributed by atoms with Crippen LogP contribution in [0.15, 0.2) is 54.6 Å². The summed E-state index contributed by atoms with van der Waals surface area (Å²) in [7, 11) is 0. The molecule has 2 aromatic rings. The fraction of sp³-hybridized carbons (Fsp3) is 0.278. The zero-order valence-corrected chi connectivity index (χ0v) is 15.6. The van der Waals surface area contributed by atoms with Crippen molar-refractivity contribution in [2.45, 2.75) is 26.2 Å². The van der Waals surface area contributed by atoms with Crippen LogP contribution in [0.4, 0.5) is 0 Å². The van der Waals surface area contributed by atoms with E-state index >= 15 is 0 Å². The molecule has 0 aromatic heterocycles. The Morgan fingerprint density at radius 2 is 1.71 bits per heavy atom. The fourth-order valence-electron chi connectivity index (χ4n) is 2.07. The third-order valence-electron chi connectivity index (χ3n) is 3.37. The van der Waals surface area contributed by atoms with E-state index in [2.05, 4.69) is 26.0 Å². The standard InChI is InChI=1S/C18H20O2.Sn/c1-14-8-7-9-15(12-14)17(19)20-13-18(2,3)16-10-5-4-6-11-16;/h4-12H,13H2,1-3H3;. The molecule has 2 aromatic carbocycles. The van der Waals surface area contributed by atoms with Gasteiger partial charge in [0.25, 0.3) is 0 Å². The largest absolute Gasteiger partial charge is 0.461 e. The third-order valence-corrected chi connectivity index (χ3v) is 3.37. The Morgan fingerprint density at radius 1 is 1.05 bits per heavy atom. The van der Waals surface area contributed by atoms with E-state index in [4.69, 9.17) is 4.74 Å². The minimum Gasteiger partial charge on any atom is -0.461 e. The van der Waals surface area contributed by atoms with Crippen molar-refractivity contribution in [3.05, 3.63) is 71.3 Å². The Balaban J connectivity index is 0.00000220. The minimum atomic E-state index is -0.266. The number of rotatable bonds is 4. The normalized spacial score (nSPS) is 10.6. The van der Waals surface area contributed by atoms with Crippen LogP contribution in [0.3, 0.4) is 0 Å². The monoisotopic (exact) mass is 388 g/mol. The van der Waals surface area contributed by atoms with Crippen LogP contribution in [-0.4, -0.2) is 36.5 Å². The third kappa shape index (κ3) is 4.88. The van der Waals surface area contributed by atoms with Gasteiger partial charge in [-0.05, 0) is 24.6 Å². The minimum absolute atomic E-state index is 0. The average Bonchev–Trinajstić information content (AvgIpc) is 2.46. The van der Waals surface area contributed by atoms with Crippen LogP contribution in [0.2, 0.25) is 0 Å². The molecule has 108 valence electrons. The molecule has 0 spiro atoms. The van der Waals surface area contributed by atoms with Crippen LogP contribution in [0.25, 0.3) is 0 Å². The summed E-state index contributed by atoms with van der Waals surface area (Å²) in [6.07, 6.45) is 0. The summed E-state index contributed by atoms with van der Waals surface area (Å²) in [6, 6.07) is 17.6. The number of esters is 1. The Hall–Kier alpha value is -1.29. The van der Waals surface area contributed by atoms with Crippen molar-refractivity contribution in [2.75, 3.05) is 6.61 Å². The average molecular weight is 387 g/mol. The molecule has 2 nitrogen and oxygen atoms in total. The second-order valence-corrected chi connectivity index (χ2v) is 5.70. The zero-order chi connectivity index (χ0) is 14.6. The zero-order valence-electron chi connectivity index (χ0n) is 12.7. The molecule has 0 atom stereocenters. The Morgan fingerprint density at radius 3 is 2.33 bits per heavy atom. The number of hydrogen-bond acceptors (Lipinski definition) is 2. The Bertz CT molecular complexity index is 591. The number of benzene rings is 2. The van der Waals surface area contributed by atoms with Gasteiger partial charge in [0.05, 0.1) is 5.56 Å². The van der Waals surface area contributed by atoms with E-state index in [9.17, 15) is 4.79 Å². The van der Waals surface area contributed by atoms with Gasteiger partial charge >= 0.3 is 5.97 Å². The van der Waals surface area contributed by atoms with Gasteiger partial charge in [-0.2, -0.15) is 0 Å². The number of carbonyl (C=O) groups is 1. The van der Waals surface area contributed by atoms with Crippen LogP contribution in [0.5, 0.6) is 0 Å². The molecular weight excluding hydrogens is 367 g/mol. The summed E-state index contributed by atoms with van der Waals surface area (Å²) in [5, 5.41) is 0. The molecule has 0 aliphatic carbocycles. The van der Waals surface area contributed by atoms with Crippen LogP contribution in [0.1, 0.15) is 35.3 Å². The topological polar surface area (TPSA) is 26.3 Å². The van der Waals surface area contributed by atoms with Gasteiger partial charge in [0.2, 0.25) is 0 Å². The van der Waals surface area contributed by atoms with Gasteiger partial charge in [0.1, 0.15) is 6.61 Å². The molecule has 0 aliphatic rings. The van der Waals surface area contributed by atoms with Gasteiger partial charge in [-0.3, -0.25) is 0 Å². The maximum atomic E-state index is 12.1. The van der Waals surface area contributed by atoms with E-state index in [1.54, 1.807) is 6.07 Å². The van der Waals surface area contributed by atoms with Crippen LogP contribution < -0.4 is 0 Å². The van der Waals surface area contributed by atoms with Gasteiger partial charge < -0.3 is 4.74 Å². The number of ether oxygens (including phenoxy) is 1. The number of aryl methyl sites for hydroxylation is 1. The van der Waals surface area contributed by atoms with Gasteiger partial charge in [-0.15, -0.1) is 0 Å². The predicted molar refractivity (Wildman–Crippen MR) is 86.7 cm³/mol. The van der Waals surface area contributed by atoms with Crippen molar-refractivity contribution in [3.63, 3.8) is 0 Å². The summed E-state index contributed by atoms with van der Waals surface area (Å²) in [6.45, 7) is 6.48. The van der Waals surface area contributed by atoms with Gasteiger partial charge in [-0.25, -0.2) is 4.79 Å². The summed E-state index contributed by atoms with van der Waals surface area (Å²) in [5.74, 6) is -0.266. The molecule has 0 saturated heterocycles. The molecule has 2 rings (SSSR count). The molecule has 0 saturated carbocycles. The molecule has 0 amide bonds. The smallest absolute Gasteiger partial charge is 0.338 e. The fourth-order valence-corrected chi connectivity index (χ4v) is 2.07. The summed E-state index contributed by atoms with van der Waals surface area (Å²) < 4.78 is 5.46. The van der Waals surface area contributed by atoms with Crippen molar-refractivity contribution in [1.82, 2.24) is 0 Å². The Kier molecular flexibility index (Phi) is 6.46. The predicted octanol–water partition coefficient (Wildman–Crippen LogP) is 3.75. The van der Waals surface area contributed by atoms with Crippen molar-refractivity contribution in [2.24, 2.45) is 0 Å². The molecular formula is C18H20O2Sn. The second-order valence-electron chi connectivity index (χ2n) is 5.70. The maximum absolute atomic E-state index is 12.1. The van der Waals surface area contributed by atoms with E-state index in [-0.39, 0.29) is 35.3 Å². The van der Waals surface area contributed by atoms with E-state index in [1.807, 2.05) is 43.3 Å². The SMILES string of the molecule is Cc1cccc(C(=O)OCC(C)(C)c2ccccc2)c1.[Sn]. The molecule has 4 radical (unpaired) electrons. The molecule has 0 fully saturated rings. The van der Waals surface area contributed by atoms with Crippen LogP contribution >= 0.6 is 0 Å². The van der Waals surface area contributed by atoms with E-state index in [1.165, 1.54) is 0 Å². The van der Waals surface area contributed by atoms with Crippen molar-refractivity contribution < 1.29 is 9.53 Å². The molecule has 0 unspecified atom stereocenters. The summed E-state index contributed by atoms with van der Waals surface area (Å²) >= 11 is 0. The van der Waals surface area contributed by atoms with Gasteiger partial charge in [0.15, 0.2) is 0 Å². The second kappa shape index (κ2) is 7.64. The quantitative estimate of drug-likeness (QED) is 0.590. The Labute approximate surface area is 143 Å². The first-order valence-electron chi connectivity index (χ1n) is 6.78. The first-order chi connectivity index (χ1) is 9.49. The maximum Gasteiger partial charge on any atom is 0.338 e. The molecule has 0 heterocycles. The summed E-state index contributed by atoms with van der Waals surface area (Å²) in [5.41, 5.74) is 2.63. The number of hydrogen-bond donors (Lipinski definition) is 0. The van der Waals surface area contributed by atoms with Crippen molar-refractivity contribution in [3.8, 4) is 0 Å².